The summed E-state index contributed by atoms with van der Waals surface area (Å²) < 4.78 is 5.71. The fraction of sp³-hybridized carbons (Fsp3) is 0.368. The molecule has 0 saturated carbocycles. The van der Waals surface area contributed by atoms with E-state index < -0.39 is 5.41 Å². The average Bonchev–Trinajstić information content (AvgIpc) is 2.49. The Morgan fingerprint density at radius 3 is 2.24 bits per heavy atom. The number of ether oxygens (including phenoxy) is 1. The van der Waals surface area contributed by atoms with Crippen LogP contribution in [0.2, 0.25) is 0 Å². The van der Waals surface area contributed by atoms with Crippen LogP contribution in [0.1, 0.15) is 25.0 Å². The second kappa shape index (κ2) is 7.11. The van der Waals surface area contributed by atoms with Gasteiger partial charge in [0.15, 0.2) is 0 Å². The zero-order chi connectivity index (χ0) is 18.8. The molecule has 0 unspecified atom stereocenters. The van der Waals surface area contributed by atoms with Gasteiger partial charge in [-0.3, -0.25) is 0 Å². The van der Waals surface area contributed by atoms with Crippen molar-refractivity contribution in [3.8, 4) is 23.0 Å². The van der Waals surface area contributed by atoms with Crippen LogP contribution in [0.15, 0.2) is 30.3 Å². The Morgan fingerprint density at radius 2 is 1.64 bits per heavy atom. The first-order chi connectivity index (χ1) is 11.6. The molecule has 0 aliphatic rings. The minimum atomic E-state index is -0.526. The van der Waals surface area contributed by atoms with Gasteiger partial charge in [-0.2, -0.15) is 0 Å². The molecule has 0 saturated heterocycles. The molecule has 0 aliphatic heterocycles. The highest BCUT2D eigenvalue weighted by Crippen LogP contribution is 2.37. The van der Waals surface area contributed by atoms with Crippen LogP contribution in [0.4, 0.5) is 5.69 Å². The highest BCUT2D eigenvalue weighted by molar-refractivity contribution is 5.63. The summed E-state index contributed by atoms with van der Waals surface area (Å²) in [6.45, 7) is 4.07. The lowest BCUT2D eigenvalue weighted by atomic mass is 9.85. The lowest BCUT2D eigenvalue weighted by Crippen LogP contribution is -2.24. The van der Waals surface area contributed by atoms with Gasteiger partial charge in [-0.25, -0.2) is 0 Å². The highest BCUT2D eigenvalue weighted by Gasteiger charge is 2.25. The van der Waals surface area contributed by atoms with E-state index in [1.165, 1.54) is 18.2 Å². The molecule has 0 aromatic heterocycles. The van der Waals surface area contributed by atoms with E-state index in [0.717, 1.165) is 0 Å². The molecular formula is C19H25NO5. The SMILES string of the molecule is CN(C)c1ccc(O)c(COCC(C)(C)c2ccc(O)cc2O)c1O. The molecule has 0 atom stereocenters. The molecular weight excluding hydrogens is 322 g/mol. The summed E-state index contributed by atoms with van der Waals surface area (Å²) in [5, 5.41) is 39.7. The predicted molar refractivity (Wildman–Crippen MR) is 96.6 cm³/mol. The van der Waals surface area contributed by atoms with Crippen LogP contribution in [-0.2, 0) is 16.8 Å². The lowest BCUT2D eigenvalue weighted by Gasteiger charge is -2.26. The molecule has 25 heavy (non-hydrogen) atoms. The number of phenolic OH excluding ortho intramolecular Hbond substituents is 4. The van der Waals surface area contributed by atoms with Gasteiger partial charge in [0.25, 0.3) is 0 Å². The zero-order valence-corrected chi connectivity index (χ0v) is 14.9. The summed E-state index contributed by atoms with van der Waals surface area (Å²) in [6.07, 6.45) is 0. The van der Waals surface area contributed by atoms with Crippen LogP contribution in [0.25, 0.3) is 0 Å². The van der Waals surface area contributed by atoms with Crippen LogP contribution in [0.3, 0.4) is 0 Å². The maximum absolute atomic E-state index is 10.3. The Hall–Kier alpha value is -2.60. The third-order valence-electron chi connectivity index (χ3n) is 4.14. The number of nitrogens with zero attached hydrogens (tertiary/aromatic N) is 1. The van der Waals surface area contributed by atoms with Gasteiger partial charge in [-0.1, -0.05) is 19.9 Å². The van der Waals surface area contributed by atoms with Crippen LogP contribution < -0.4 is 4.90 Å². The second-order valence-electron chi connectivity index (χ2n) is 6.90. The maximum atomic E-state index is 10.3. The summed E-state index contributed by atoms with van der Waals surface area (Å²) in [4.78, 5) is 1.75. The largest absolute Gasteiger partial charge is 0.508 e. The fourth-order valence-corrected chi connectivity index (χ4v) is 2.69. The molecule has 6 nitrogen and oxygen atoms in total. The van der Waals surface area contributed by atoms with Crippen molar-refractivity contribution in [3.05, 3.63) is 41.5 Å². The topological polar surface area (TPSA) is 93.4 Å². The first-order valence-corrected chi connectivity index (χ1v) is 7.95. The Balaban J connectivity index is 2.13. The molecule has 0 bridgehead atoms. The van der Waals surface area contributed by atoms with Crippen molar-refractivity contribution >= 4 is 5.69 Å². The number of phenols is 4. The molecule has 2 rings (SSSR count). The van der Waals surface area contributed by atoms with Crippen molar-refractivity contribution in [1.29, 1.82) is 0 Å². The standard InChI is InChI=1S/C19H25NO5/c1-19(2,14-6-5-12(21)9-17(14)23)11-25-10-13-16(22)8-7-15(18(13)24)20(3)4/h5-9,21-24H,10-11H2,1-4H3. The van der Waals surface area contributed by atoms with Crippen molar-refractivity contribution < 1.29 is 25.2 Å². The van der Waals surface area contributed by atoms with Gasteiger partial charge >= 0.3 is 0 Å². The summed E-state index contributed by atoms with van der Waals surface area (Å²) in [5.41, 5.74) is 1.02. The van der Waals surface area contributed by atoms with Gasteiger partial charge in [0, 0.05) is 31.1 Å². The maximum Gasteiger partial charge on any atom is 0.148 e. The molecule has 6 heteroatoms. The Kier molecular flexibility index (Phi) is 5.33. The van der Waals surface area contributed by atoms with Crippen molar-refractivity contribution in [2.45, 2.75) is 25.9 Å². The minimum Gasteiger partial charge on any atom is -0.508 e. The van der Waals surface area contributed by atoms with E-state index in [9.17, 15) is 20.4 Å². The van der Waals surface area contributed by atoms with Gasteiger partial charge < -0.3 is 30.1 Å². The minimum absolute atomic E-state index is 0.00565. The molecule has 136 valence electrons. The number of anilines is 1. The monoisotopic (exact) mass is 347 g/mol. The van der Waals surface area contributed by atoms with Gasteiger partial charge in [-0.15, -0.1) is 0 Å². The van der Waals surface area contributed by atoms with E-state index in [0.29, 0.717) is 16.8 Å². The number of benzene rings is 2. The summed E-state index contributed by atoms with van der Waals surface area (Å²) in [7, 11) is 3.60. The molecule has 0 heterocycles. The summed E-state index contributed by atoms with van der Waals surface area (Å²) in [6, 6.07) is 7.59. The van der Waals surface area contributed by atoms with Crippen molar-refractivity contribution in [3.63, 3.8) is 0 Å². The van der Waals surface area contributed by atoms with Gasteiger partial charge in [0.2, 0.25) is 0 Å². The van der Waals surface area contributed by atoms with Crippen molar-refractivity contribution in [2.75, 3.05) is 25.6 Å². The van der Waals surface area contributed by atoms with E-state index in [-0.39, 0.29) is 36.2 Å². The third-order valence-corrected chi connectivity index (χ3v) is 4.14. The van der Waals surface area contributed by atoms with E-state index in [4.69, 9.17) is 4.74 Å². The Labute approximate surface area is 147 Å². The van der Waals surface area contributed by atoms with E-state index in [1.54, 1.807) is 31.1 Å². The number of aromatic hydroxyl groups is 4. The molecule has 2 aromatic carbocycles. The molecule has 0 spiro atoms. The zero-order valence-electron chi connectivity index (χ0n) is 14.9. The number of hydrogen-bond acceptors (Lipinski definition) is 6. The van der Waals surface area contributed by atoms with E-state index in [1.807, 2.05) is 13.8 Å². The van der Waals surface area contributed by atoms with Gasteiger partial charge in [0.05, 0.1) is 24.5 Å². The Morgan fingerprint density at radius 1 is 0.960 bits per heavy atom. The first kappa shape index (κ1) is 18.7. The van der Waals surface area contributed by atoms with Crippen molar-refractivity contribution in [2.24, 2.45) is 0 Å². The number of rotatable bonds is 6. The van der Waals surface area contributed by atoms with Crippen molar-refractivity contribution in [1.82, 2.24) is 0 Å². The van der Waals surface area contributed by atoms with E-state index >= 15 is 0 Å². The second-order valence-corrected chi connectivity index (χ2v) is 6.90. The normalized spacial score (nSPS) is 11.5. The molecule has 0 fully saturated rings. The molecule has 2 aromatic rings. The Bertz CT molecular complexity index is 756. The summed E-state index contributed by atoms with van der Waals surface area (Å²) >= 11 is 0. The molecule has 0 radical (unpaired) electrons. The number of hydrogen-bond donors (Lipinski definition) is 4. The van der Waals surface area contributed by atoms with Crippen LogP contribution >= 0.6 is 0 Å². The predicted octanol–water partition coefficient (Wildman–Crippen LogP) is 3.07. The third kappa shape index (κ3) is 4.09. The molecule has 4 N–H and O–H groups in total. The smallest absolute Gasteiger partial charge is 0.148 e. The lowest BCUT2D eigenvalue weighted by molar-refractivity contribution is 0.0790. The summed E-state index contributed by atoms with van der Waals surface area (Å²) in [5.74, 6) is -0.0640. The van der Waals surface area contributed by atoms with Gasteiger partial charge in [0.1, 0.15) is 23.0 Å². The van der Waals surface area contributed by atoms with Crippen LogP contribution in [-0.4, -0.2) is 41.1 Å². The quantitative estimate of drug-likeness (QED) is 0.642. The molecule has 0 amide bonds. The average molecular weight is 347 g/mol. The first-order valence-electron chi connectivity index (χ1n) is 7.95. The van der Waals surface area contributed by atoms with Crippen LogP contribution in [0.5, 0.6) is 23.0 Å². The van der Waals surface area contributed by atoms with E-state index in [2.05, 4.69) is 0 Å². The van der Waals surface area contributed by atoms with Gasteiger partial charge in [-0.05, 0) is 18.2 Å². The molecule has 0 aliphatic carbocycles. The highest BCUT2D eigenvalue weighted by atomic mass is 16.5. The fourth-order valence-electron chi connectivity index (χ4n) is 2.69. The van der Waals surface area contributed by atoms with Crippen LogP contribution in [0, 0.1) is 0 Å².